The number of aliphatic hydroxyl groups is 1. The molecule has 0 aliphatic heterocycles. The monoisotopic (exact) mass is 311 g/mol. The second kappa shape index (κ2) is 5.98. The van der Waals surface area contributed by atoms with Crippen LogP contribution in [0.2, 0.25) is 0 Å². The molecular formula is C16H13N3O4. The lowest BCUT2D eigenvalue weighted by Crippen LogP contribution is -2.25. The zero-order valence-electron chi connectivity index (χ0n) is 12.0. The van der Waals surface area contributed by atoms with Crippen molar-refractivity contribution in [2.75, 3.05) is 0 Å². The summed E-state index contributed by atoms with van der Waals surface area (Å²) in [4.78, 5) is 22.6. The maximum Gasteiger partial charge on any atom is 0.274 e. The van der Waals surface area contributed by atoms with Gasteiger partial charge in [-0.05, 0) is 11.6 Å². The molecule has 0 radical (unpaired) electrons. The predicted octanol–water partition coefficient (Wildman–Crippen LogP) is 2.04. The van der Waals surface area contributed by atoms with E-state index in [9.17, 15) is 20.0 Å². The molecule has 0 saturated carbocycles. The van der Waals surface area contributed by atoms with Gasteiger partial charge in [0.25, 0.3) is 11.2 Å². The second-order valence-electron chi connectivity index (χ2n) is 5.09. The van der Waals surface area contributed by atoms with Crippen LogP contribution in [-0.2, 0) is 6.54 Å². The van der Waals surface area contributed by atoms with Crippen molar-refractivity contribution in [1.82, 2.24) is 9.78 Å². The van der Waals surface area contributed by atoms with E-state index in [1.54, 1.807) is 30.5 Å². The Balaban J connectivity index is 1.93. The maximum atomic E-state index is 12.4. The van der Waals surface area contributed by atoms with E-state index in [1.807, 2.05) is 6.07 Å². The molecule has 1 aromatic heterocycles. The summed E-state index contributed by atoms with van der Waals surface area (Å²) in [6, 6.07) is 12.7. The molecule has 3 rings (SSSR count). The Hall–Kier alpha value is -3.06. The largest absolute Gasteiger partial charge is 0.386 e. The zero-order valence-corrected chi connectivity index (χ0v) is 12.0. The average Bonchev–Trinajstić information content (AvgIpc) is 2.57. The number of nitro benzene ring substituents is 1. The van der Waals surface area contributed by atoms with Crippen LogP contribution in [0.3, 0.4) is 0 Å². The number of aliphatic hydroxyl groups excluding tert-OH is 1. The highest BCUT2D eigenvalue weighted by atomic mass is 16.6. The number of fused-ring (bicyclic) bond motifs is 1. The Kier molecular flexibility index (Phi) is 3.86. The lowest BCUT2D eigenvalue weighted by molar-refractivity contribution is -0.385. The summed E-state index contributed by atoms with van der Waals surface area (Å²) < 4.78 is 1.16. The average molecular weight is 311 g/mol. The van der Waals surface area contributed by atoms with Gasteiger partial charge in [-0.3, -0.25) is 14.9 Å². The molecule has 7 nitrogen and oxygen atoms in total. The van der Waals surface area contributed by atoms with Crippen LogP contribution in [-0.4, -0.2) is 19.8 Å². The minimum Gasteiger partial charge on any atom is -0.386 e. The van der Waals surface area contributed by atoms with Crippen molar-refractivity contribution in [1.29, 1.82) is 0 Å². The van der Waals surface area contributed by atoms with Crippen LogP contribution in [0.1, 0.15) is 11.7 Å². The third-order valence-electron chi connectivity index (χ3n) is 3.57. The summed E-state index contributed by atoms with van der Waals surface area (Å²) in [5.41, 5.74) is -0.0611. The van der Waals surface area contributed by atoms with Crippen LogP contribution >= 0.6 is 0 Å². The molecule has 3 aromatic rings. The molecule has 0 fully saturated rings. The highest BCUT2D eigenvalue weighted by molar-refractivity contribution is 5.80. The van der Waals surface area contributed by atoms with Crippen molar-refractivity contribution < 1.29 is 10.0 Å². The Labute approximate surface area is 130 Å². The van der Waals surface area contributed by atoms with Crippen LogP contribution in [0, 0.1) is 10.1 Å². The summed E-state index contributed by atoms with van der Waals surface area (Å²) in [7, 11) is 0. The van der Waals surface area contributed by atoms with Crippen molar-refractivity contribution in [2.24, 2.45) is 0 Å². The first-order valence-corrected chi connectivity index (χ1v) is 6.93. The first-order valence-electron chi connectivity index (χ1n) is 6.93. The molecule has 0 bridgehead atoms. The SMILES string of the molecule is O=c1c2ccccc2cnn1CC(O)c1cccc([N+](=O)[O-])c1. The molecule has 1 N–H and O–H groups in total. The number of hydrogen-bond donors (Lipinski definition) is 1. The van der Waals surface area contributed by atoms with Gasteiger partial charge in [0.1, 0.15) is 0 Å². The molecular weight excluding hydrogens is 298 g/mol. The summed E-state index contributed by atoms with van der Waals surface area (Å²) >= 11 is 0. The Bertz CT molecular complexity index is 936. The molecule has 0 aliphatic rings. The van der Waals surface area contributed by atoms with Crippen molar-refractivity contribution in [2.45, 2.75) is 12.6 Å². The van der Waals surface area contributed by atoms with Gasteiger partial charge in [-0.25, -0.2) is 4.68 Å². The van der Waals surface area contributed by atoms with E-state index in [2.05, 4.69) is 5.10 Å². The van der Waals surface area contributed by atoms with Gasteiger partial charge in [0.2, 0.25) is 0 Å². The first kappa shape index (κ1) is 14.9. The Morgan fingerprint density at radius 2 is 2.00 bits per heavy atom. The third-order valence-corrected chi connectivity index (χ3v) is 3.57. The standard InChI is InChI=1S/C16H13N3O4/c20-15(11-5-3-6-13(8-11)19(22)23)10-18-16(21)14-7-2-1-4-12(14)9-17-18/h1-9,15,20H,10H2. The van der Waals surface area contributed by atoms with Gasteiger partial charge in [0.15, 0.2) is 0 Å². The molecule has 1 atom stereocenters. The molecule has 116 valence electrons. The highest BCUT2D eigenvalue weighted by Gasteiger charge is 2.14. The van der Waals surface area contributed by atoms with E-state index in [1.165, 1.54) is 18.2 Å². The van der Waals surface area contributed by atoms with E-state index in [0.717, 1.165) is 10.1 Å². The normalized spacial score (nSPS) is 12.2. The molecule has 23 heavy (non-hydrogen) atoms. The lowest BCUT2D eigenvalue weighted by atomic mass is 10.1. The number of nitro groups is 1. The summed E-state index contributed by atoms with van der Waals surface area (Å²) in [6.07, 6.45) is 0.484. The number of rotatable bonds is 4. The van der Waals surface area contributed by atoms with Crippen LogP contribution in [0.15, 0.2) is 59.5 Å². The zero-order chi connectivity index (χ0) is 16.4. The molecule has 7 heteroatoms. The molecule has 1 unspecified atom stereocenters. The van der Waals surface area contributed by atoms with Gasteiger partial charge in [-0.2, -0.15) is 5.10 Å². The van der Waals surface area contributed by atoms with E-state index >= 15 is 0 Å². The fourth-order valence-electron chi connectivity index (χ4n) is 2.37. The number of nitrogens with zero attached hydrogens (tertiary/aromatic N) is 3. The van der Waals surface area contributed by atoms with E-state index in [0.29, 0.717) is 10.9 Å². The van der Waals surface area contributed by atoms with Crippen molar-refractivity contribution in [3.05, 3.63) is 80.8 Å². The van der Waals surface area contributed by atoms with Crippen LogP contribution in [0.5, 0.6) is 0 Å². The van der Waals surface area contributed by atoms with Crippen LogP contribution < -0.4 is 5.56 Å². The number of non-ortho nitro benzene ring substituents is 1. The van der Waals surface area contributed by atoms with E-state index in [4.69, 9.17) is 0 Å². The fourth-order valence-corrected chi connectivity index (χ4v) is 2.37. The van der Waals surface area contributed by atoms with Gasteiger partial charge in [-0.1, -0.05) is 30.3 Å². The minimum atomic E-state index is -1.07. The second-order valence-corrected chi connectivity index (χ2v) is 5.09. The maximum absolute atomic E-state index is 12.4. The van der Waals surface area contributed by atoms with Gasteiger partial charge in [0.05, 0.1) is 29.2 Å². The van der Waals surface area contributed by atoms with Crippen LogP contribution in [0.4, 0.5) is 5.69 Å². The highest BCUT2D eigenvalue weighted by Crippen LogP contribution is 2.20. The van der Waals surface area contributed by atoms with E-state index < -0.39 is 11.0 Å². The molecule has 0 aliphatic carbocycles. The topological polar surface area (TPSA) is 98.3 Å². The number of hydrogen-bond acceptors (Lipinski definition) is 5. The van der Waals surface area contributed by atoms with Gasteiger partial charge >= 0.3 is 0 Å². The van der Waals surface area contributed by atoms with Crippen LogP contribution in [0.25, 0.3) is 10.8 Å². The number of aromatic nitrogens is 2. The smallest absolute Gasteiger partial charge is 0.274 e. The predicted molar refractivity (Wildman–Crippen MR) is 84.1 cm³/mol. The lowest BCUT2D eigenvalue weighted by Gasteiger charge is -2.12. The summed E-state index contributed by atoms with van der Waals surface area (Å²) in [5, 5.41) is 26.3. The Morgan fingerprint density at radius 1 is 1.22 bits per heavy atom. The fraction of sp³-hybridized carbons (Fsp3) is 0.125. The molecule has 0 saturated heterocycles. The van der Waals surface area contributed by atoms with Gasteiger partial charge < -0.3 is 5.11 Å². The molecule has 2 aromatic carbocycles. The quantitative estimate of drug-likeness (QED) is 0.587. The van der Waals surface area contributed by atoms with Crippen molar-refractivity contribution in [3.63, 3.8) is 0 Å². The molecule has 1 heterocycles. The number of benzene rings is 2. The van der Waals surface area contributed by atoms with Crippen molar-refractivity contribution >= 4 is 16.5 Å². The van der Waals surface area contributed by atoms with Gasteiger partial charge in [-0.15, -0.1) is 0 Å². The van der Waals surface area contributed by atoms with Crippen molar-refractivity contribution in [3.8, 4) is 0 Å². The Morgan fingerprint density at radius 3 is 2.78 bits per heavy atom. The minimum absolute atomic E-state index is 0.0785. The molecule has 0 spiro atoms. The molecule has 0 amide bonds. The summed E-state index contributed by atoms with van der Waals surface area (Å²) in [6.45, 7) is -0.0785. The van der Waals surface area contributed by atoms with E-state index in [-0.39, 0.29) is 17.8 Å². The van der Waals surface area contributed by atoms with Gasteiger partial charge in [0, 0.05) is 17.5 Å². The summed E-state index contributed by atoms with van der Waals surface area (Å²) in [5.74, 6) is 0. The third kappa shape index (κ3) is 2.95. The first-order chi connectivity index (χ1) is 11.1.